The van der Waals surface area contributed by atoms with Crippen molar-refractivity contribution in [3.05, 3.63) is 88.2 Å². The molecule has 7 heteroatoms. The highest BCUT2D eigenvalue weighted by molar-refractivity contribution is 5.76. The van der Waals surface area contributed by atoms with E-state index in [1.54, 1.807) is 18.5 Å². The highest BCUT2D eigenvalue weighted by Gasteiger charge is 2.30. The molecule has 0 fully saturated rings. The molecule has 0 saturated heterocycles. The summed E-state index contributed by atoms with van der Waals surface area (Å²) in [5.74, 6) is 0.731. The molecule has 2 aliphatic rings. The summed E-state index contributed by atoms with van der Waals surface area (Å²) in [5.41, 5.74) is 2.76. The van der Waals surface area contributed by atoms with E-state index in [2.05, 4.69) is 56.3 Å². The van der Waals surface area contributed by atoms with Crippen LogP contribution >= 0.6 is 0 Å². The van der Waals surface area contributed by atoms with Crippen LogP contribution in [0.25, 0.3) is 10.9 Å². The summed E-state index contributed by atoms with van der Waals surface area (Å²) in [6.07, 6.45) is 11.0. The molecule has 2 atom stereocenters. The van der Waals surface area contributed by atoms with E-state index in [1.165, 1.54) is 11.1 Å². The number of nitrogens with one attached hydrogen (secondary N) is 1. The molecule has 0 amide bonds. The van der Waals surface area contributed by atoms with E-state index in [1.807, 2.05) is 24.4 Å². The molecule has 1 aromatic carbocycles. The Balaban J connectivity index is 1.33. The standard InChI is InChI=1S/C22H19N5O2/c1-14-4-2-3-5-15(14)13-27-20-7-6-17(10-16(20)11-24-27)29-22-25-19-12-23-9-8-18(19)21(28)26-22/h2-12,16,20H,13H2,1H3,(H,25,26,28). The smallest absolute Gasteiger partial charge is 0.302 e. The fourth-order valence-electron chi connectivity index (χ4n) is 3.64. The fraction of sp³-hybridized carbons (Fsp3) is 0.182. The van der Waals surface area contributed by atoms with Gasteiger partial charge in [-0.15, -0.1) is 0 Å². The maximum atomic E-state index is 12.2. The van der Waals surface area contributed by atoms with E-state index >= 15 is 0 Å². The number of allylic oxidation sites excluding steroid dienone is 1. The van der Waals surface area contributed by atoms with Crippen LogP contribution in [0.15, 0.2) is 76.6 Å². The second-order valence-electron chi connectivity index (χ2n) is 7.15. The second-order valence-corrected chi connectivity index (χ2v) is 7.15. The van der Waals surface area contributed by atoms with Gasteiger partial charge in [-0.3, -0.25) is 19.8 Å². The van der Waals surface area contributed by atoms with Crippen molar-refractivity contribution in [3.63, 3.8) is 0 Å². The molecule has 1 N–H and O–H groups in total. The Kier molecular flexibility index (Phi) is 4.20. The summed E-state index contributed by atoms with van der Waals surface area (Å²) >= 11 is 0. The molecule has 1 aliphatic heterocycles. The minimum Gasteiger partial charge on any atom is -0.426 e. The number of rotatable bonds is 4. The number of benzene rings is 1. The molecule has 2 aromatic heterocycles. The van der Waals surface area contributed by atoms with Gasteiger partial charge in [-0.1, -0.05) is 30.3 Å². The molecule has 144 valence electrons. The molecular formula is C22H19N5O2. The van der Waals surface area contributed by atoms with Gasteiger partial charge in [-0.05, 0) is 36.3 Å². The molecule has 1 aliphatic carbocycles. The third kappa shape index (κ3) is 3.31. The number of fused-ring (bicyclic) bond motifs is 2. The third-order valence-electron chi connectivity index (χ3n) is 5.24. The van der Waals surface area contributed by atoms with Gasteiger partial charge in [0, 0.05) is 18.3 Å². The Morgan fingerprint density at radius 3 is 3.03 bits per heavy atom. The number of nitrogens with zero attached hydrogens (tertiary/aromatic N) is 4. The lowest BCUT2D eigenvalue weighted by Gasteiger charge is -2.27. The molecule has 2 unspecified atom stereocenters. The van der Waals surface area contributed by atoms with Crippen molar-refractivity contribution >= 4 is 17.1 Å². The van der Waals surface area contributed by atoms with Crippen molar-refractivity contribution in [2.75, 3.05) is 0 Å². The van der Waals surface area contributed by atoms with Crippen molar-refractivity contribution in [2.45, 2.75) is 19.5 Å². The van der Waals surface area contributed by atoms with Gasteiger partial charge in [0.15, 0.2) is 0 Å². The summed E-state index contributed by atoms with van der Waals surface area (Å²) in [4.78, 5) is 23.2. The predicted molar refractivity (Wildman–Crippen MR) is 111 cm³/mol. The summed E-state index contributed by atoms with van der Waals surface area (Å²) in [6, 6.07) is 10.3. The van der Waals surface area contributed by atoms with Crippen molar-refractivity contribution in [1.82, 2.24) is 20.0 Å². The summed E-state index contributed by atoms with van der Waals surface area (Å²) in [7, 11) is 0. The number of hydrogen-bond donors (Lipinski definition) is 1. The lowest BCUT2D eigenvalue weighted by Crippen LogP contribution is -2.31. The molecule has 5 rings (SSSR count). The zero-order chi connectivity index (χ0) is 19.8. The van der Waals surface area contributed by atoms with E-state index in [0.29, 0.717) is 16.7 Å². The topological polar surface area (TPSA) is 83.5 Å². The van der Waals surface area contributed by atoms with E-state index in [9.17, 15) is 4.79 Å². The van der Waals surface area contributed by atoms with Crippen LogP contribution in [0.2, 0.25) is 0 Å². The van der Waals surface area contributed by atoms with Gasteiger partial charge in [0.1, 0.15) is 5.76 Å². The van der Waals surface area contributed by atoms with Crippen molar-refractivity contribution in [1.29, 1.82) is 0 Å². The zero-order valence-electron chi connectivity index (χ0n) is 15.8. The minimum absolute atomic E-state index is 0.105. The highest BCUT2D eigenvalue weighted by Crippen LogP contribution is 2.28. The van der Waals surface area contributed by atoms with E-state index in [4.69, 9.17) is 4.74 Å². The van der Waals surface area contributed by atoms with Crippen molar-refractivity contribution in [3.8, 4) is 6.01 Å². The van der Waals surface area contributed by atoms with Gasteiger partial charge in [0.25, 0.3) is 5.56 Å². The number of ether oxygens (including phenoxy) is 1. The Hall–Kier alpha value is -3.74. The third-order valence-corrected chi connectivity index (χ3v) is 5.24. The number of H-pyrrole nitrogens is 1. The first-order valence-electron chi connectivity index (χ1n) is 9.44. The van der Waals surface area contributed by atoms with Crippen molar-refractivity contribution in [2.24, 2.45) is 11.0 Å². The maximum Gasteiger partial charge on any atom is 0.302 e. The van der Waals surface area contributed by atoms with E-state index < -0.39 is 0 Å². The van der Waals surface area contributed by atoms with E-state index in [0.717, 1.165) is 6.54 Å². The first-order valence-corrected chi connectivity index (χ1v) is 9.44. The lowest BCUT2D eigenvalue weighted by atomic mass is 9.96. The largest absolute Gasteiger partial charge is 0.426 e. The molecule has 3 aromatic rings. The Bertz CT molecular complexity index is 1230. The van der Waals surface area contributed by atoms with Gasteiger partial charge in [-0.2, -0.15) is 10.1 Å². The summed E-state index contributed by atoms with van der Waals surface area (Å²) < 4.78 is 5.82. The van der Waals surface area contributed by atoms with Gasteiger partial charge >= 0.3 is 6.01 Å². The lowest BCUT2D eigenvalue weighted by molar-refractivity contribution is 0.237. The summed E-state index contributed by atoms with van der Waals surface area (Å²) in [5, 5.41) is 7.15. The number of aryl methyl sites for hydroxylation is 1. The number of pyridine rings is 1. The number of hydrogen-bond acceptors (Lipinski definition) is 6. The van der Waals surface area contributed by atoms with Gasteiger partial charge in [0.2, 0.25) is 0 Å². The first kappa shape index (κ1) is 17.4. The van der Waals surface area contributed by atoms with Gasteiger partial charge in [-0.25, -0.2) is 0 Å². The van der Waals surface area contributed by atoms with Gasteiger partial charge < -0.3 is 4.74 Å². The predicted octanol–water partition coefficient (Wildman–Crippen LogP) is 2.95. The van der Waals surface area contributed by atoms with Crippen LogP contribution < -0.4 is 10.3 Å². The molecule has 29 heavy (non-hydrogen) atoms. The quantitative estimate of drug-likeness (QED) is 0.747. The molecule has 0 saturated carbocycles. The molecule has 7 nitrogen and oxygen atoms in total. The van der Waals surface area contributed by atoms with Crippen molar-refractivity contribution < 1.29 is 4.74 Å². The zero-order valence-corrected chi connectivity index (χ0v) is 15.8. The Morgan fingerprint density at radius 2 is 2.14 bits per heavy atom. The average molecular weight is 385 g/mol. The molecular weight excluding hydrogens is 366 g/mol. The van der Waals surface area contributed by atoms with E-state index in [-0.39, 0.29) is 23.5 Å². The SMILES string of the molecule is Cc1ccccc1CN1N=CC2C=C(Oc3nc4cnccc4c(=O)[nH]3)C=CC21. The van der Waals surface area contributed by atoms with Crippen LogP contribution in [0.4, 0.5) is 0 Å². The number of aromatic amines is 1. The van der Waals surface area contributed by atoms with Crippen LogP contribution in [0.3, 0.4) is 0 Å². The monoisotopic (exact) mass is 385 g/mol. The van der Waals surface area contributed by atoms with Gasteiger partial charge in [0.05, 0.1) is 29.7 Å². The minimum atomic E-state index is -0.252. The van der Waals surface area contributed by atoms with Crippen LogP contribution in [0.1, 0.15) is 11.1 Å². The maximum absolute atomic E-state index is 12.2. The van der Waals surface area contributed by atoms with Crippen LogP contribution in [0.5, 0.6) is 6.01 Å². The average Bonchev–Trinajstić information content (AvgIpc) is 3.12. The molecule has 0 radical (unpaired) electrons. The fourth-order valence-corrected chi connectivity index (χ4v) is 3.64. The number of hydrazone groups is 1. The molecule has 3 heterocycles. The Labute approximate surface area is 167 Å². The second kappa shape index (κ2) is 7.01. The summed E-state index contributed by atoms with van der Waals surface area (Å²) in [6.45, 7) is 2.87. The number of aromatic nitrogens is 3. The Morgan fingerprint density at radius 1 is 1.24 bits per heavy atom. The normalized spacial score (nSPS) is 20.0. The van der Waals surface area contributed by atoms with Crippen LogP contribution in [-0.4, -0.2) is 32.2 Å². The van der Waals surface area contributed by atoms with Crippen LogP contribution in [0, 0.1) is 12.8 Å². The molecule has 0 spiro atoms. The highest BCUT2D eigenvalue weighted by atomic mass is 16.5. The van der Waals surface area contributed by atoms with Crippen LogP contribution in [-0.2, 0) is 6.54 Å². The molecule has 0 bridgehead atoms. The first-order chi connectivity index (χ1) is 14.2.